The van der Waals surface area contributed by atoms with Gasteiger partial charge in [-0.05, 0) is 120 Å². The van der Waals surface area contributed by atoms with Crippen LogP contribution in [-0.2, 0) is 0 Å². The van der Waals surface area contributed by atoms with Gasteiger partial charge in [-0.1, -0.05) is 104 Å². The normalized spacial score (nSPS) is 14.2. The second kappa shape index (κ2) is 14.7. The van der Waals surface area contributed by atoms with E-state index in [0.29, 0.717) is 16.1 Å². The summed E-state index contributed by atoms with van der Waals surface area (Å²) in [6.45, 7) is 6.36. The predicted molar refractivity (Wildman–Crippen MR) is 264 cm³/mol. The average molecular weight is 825 g/mol. The minimum absolute atomic E-state index is 0.571. The molecule has 304 valence electrons. The standard InChI is InChI=1S/C59H42N3O2/c1-38-12-4-10-18-57(38)63-39(2)44-29-35-56-51(36-44)49-14-6-9-17-55(49)62(56,3)47-32-26-43(27-33-47)41-22-20-40(21-23-41)42-24-30-46(31-25-42)61-53-16-8-5-13-48(53)50-37-45(28-34-54(50)61)59-60-52-15-7-11-19-58(52)64-59/h4-37H,2H2,1,3H3/q+1. The number of hydrogen-bond acceptors (Lipinski definition) is 3. The number of para-hydroxylation sites is 5. The van der Waals surface area contributed by atoms with E-state index in [1.807, 2.05) is 42.5 Å². The highest BCUT2D eigenvalue weighted by Crippen LogP contribution is 2.56. The van der Waals surface area contributed by atoms with Gasteiger partial charge in [-0.25, -0.2) is 9.47 Å². The van der Waals surface area contributed by atoms with Crippen LogP contribution in [0, 0.1) is 6.92 Å². The number of oxazole rings is 1. The fourth-order valence-corrected chi connectivity index (χ4v) is 9.67. The summed E-state index contributed by atoms with van der Waals surface area (Å²) in [6.07, 6.45) is 0. The van der Waals surface area contributed by atoms with E-state index in [4.69, 9.17) is 14.1 Å². The first-order valence-corrected chi connectivity index (χ1v) is 21.7. The number of aromatic nitrogens is 2. The van der Waals surface area contributed by atoms with E-state index in [1.165, 1.54) is 55.8 Å². The number of benzene rings is 9. The first-order chi connectivity index (χ1) is 31.4. The molecule has 1 atom stereocenters. The SMILES string of the molecule is C=C(Oc1ccccc1C)c1ccc2c(c1)-c1ccccc1[N+]2(C)c1ccc(-c2ccc(-c3ccc(-n4c5ccccc5c5cc(-c6nc7ccccc7o6)ccc54)cc3)cc2)cc1. The maximum absolute atomic E-state index is 6.26. The molecule has 0 fully saturated rings. The van der Waals surface area contributed by atoms with Crippen molar-refractivity contribution in [2.75, 3.05) is 7.05 Å². The molecule has 1 aliphatic heterocycles. The van der Waals surface area contributed by atoms with Gasteiger partial charge in [-0.2, -0.15) is 0 Å². The van der Waals surface area contributed by atoms with E-state index in [-0.39, 0.29) is 0 Å². The molecule has 0 N–H and O–H groups in total. The van der Waals surface area contributed by atoms with Crippen molar-refractivity contribution >= 4 is 55.7 Å². The Hall–Kier alpha value is -8.25. The molecule has 1 aliphatic rings. The van der Waals surface area contributed by atoms with Gasteiger partial charge in [0.15, 0.2) is 17.0 Å². The van der Waals surface area contributed by atoms with Crippen molar-refractivity contribution in [1.29, 1.82) is 0 Å². The van der Waals surface area contributed by atoms with Crippen molar-refractivity contribution in [2.45, 2.75) is 6.92 Å². The van der Waals surface area contributed by atoms with Crippen molar-refractivity contribution in [3.63, 3.8) is 0 Å². The number of rotatable bonds is 8. The molecule has 0 bridgehead atoms. The van der Waals surface area contributed by atoms with Crippen LogP contribution < -0.4 is 9.22 Å². The maximum Gasteiger partial charge on any atom is 0.227 e. The van der Waals surface area contributed by atoms with Gasteiger partial charge >= 0.3 is 0 Å². The Kier molecular flexibility index (Phi) is 8.61. The Morgan fingerprint density at radius 2 is 1.16 bits per heavy atom. The fourth-order valence-electron chi connectivity index (χ4n) is 9.67. The lowest BCUT2D eigenvalue weighted by Gasteiger charge is -2.30. The molecular weight excluding hydrogens is 783 g/mol. The van der Waals surface area contributed by atoms with Crippen molar-refractivity contribution in [3.8, 4) is 56.3 Å². The lowest BCUT2D eigenvalue weighted by atomic mass is 9.99. The molecule has 2 aromatic heterocycles. The summed E-state index contributed by atoms with van der Waals surface area (Å²) >= 11 is 0. The quantitative estimate of drug-likeness (QED) is 0.113. The molecule has 0 radical (unpaired) electrons. The Labute approximate surface area is 371 Å². The molecule has 64 heavy (non-hydrogen) atoms. The third kappa shape index (κ3) is 6.01. The molecule has 0 spiro atoms. The maximum atomic E-state index is 6.26. The van der Waals surface area contributed by atoms with Crippen LogP contribution in [0.25, 0.3) is 89.2 Å². The number of hydrogen-bond donors (Lipinski definition) is 0. The van der Waals surface area contributed by atoms with Crippen molar-refractivity contribution < 1.29 is 9.15 Å². The average Bonchev–Trinajstić information content (AvgIpc) is 4.01. The lowest BCUT2D eigenvalue weighted by Crippen LogP contribution is -2.31. The molecule has 3 heterocycles. The molecular formula is C59H42N3O2+. The van der Waals surface area contributed by atoms with Crippen LogP contribution in [0.2, 0.25) is 0 Å². The number of aryl methyl sites for hydroxylation is 1. The molecule has 0 saturated carbocycles. The van der Waals surface area contributed by atoms with Crippen LogP contribution in [0.15, 0.2) is 217 Å². The summed E-state index contributed by atoms with van der Waals surface area (Å²) in [4.78, 5) is 4.77. The van der Waals surface area contributed by atoms with E-state index in [2.05, 4.69) is 189 Å². The van der Waals surface area contributed by atoms with Crippen LogP contribution in [0.3, 0.4) is 0 Å². The molecule has 0 amide bonds. The minimum Gasteiger partial charge on any atom is -0.457 e. The van der Waals surface area contributed by atoms with Crippen molar-refractivity contribution in [3.05, 3.63) is 224 Å². The Balaban J connectivity index is 0.806. The van der Waals surface area contributed by atoms with Gasteiger partial charge < -0.3 is 13.7 Å². The van der Waals surface area contributed by atoms with Gasteiger partial charge in [0.25, 0.3) is 0 Å². The summed E-state index contributed by atoms with van der Waals surface area (Å²) in [5.41, 5.74) is 18.8. The Morgan fingerprint density at radius 1 is 0.547 bits per heavy atom. The number of nitrogens with zero attached hydrogens (tertiary/aromatic N) is 3. The molecule has 12 rings (SSSR count). The predicted octanol–water partition coefficient (Wildman–Crippen LogP) is 15.9. The zero-order valence-corrected chi connectivity index (χ0v) is 35.5. The van der Waals surface area contributed by atoms with Gasteiger partial charge in [-0.3, -0.25) is 0 Å². The monoisotopic (exact) mass is 824 g/mol. The number of ether oxygens (including phenoxy) is 1. The fraction of sp³-hybridized carbons (Fsp3) is 0.0339. The smallest absolute Gasteiger partial charge is 0.227 e. The van der Waals surface area contributed by atoms with Crippen LogP contribution in [0.4, 0.5) is 17.1 Å². The number of fused-ring (bicyclic) bond motifs is 7. The summed E-state index contributed by atoms with van der Waals surface area (Å²) in [5.74, 6) is 2.09. The number of quaternary nitrogens is 1. The second-order valence-electron chi connectivity index (χ2n) is 16.8. The lowest BCUT2D eigenvalue weighted by molar-refractivity contribution is 0.512. The summed E-state index contributed by atoms with van der Waals surface area (Å²) in [7, 11) is 2.29. The Morgan fingerprint density at radius 3 is 1.92 bits per heavy atom. The van der Waals surface area contributed by atoms with E-state index in [1.54, 1.807) is 0 Å². The molecule has 11 aromatic rings. The first kappa shape index (κ1) is 37.5. The van der Waals surface area contributed by atoms with Crippen LogP contribution in [-0.4, -0.2) is 16.6 Å². The van der Waals surface area contributed by atoms with E-state index >= 15 is 0 Å². The third-order valence-corrected chi connectivity index (χ3v) is 13.1. The zero-order chi connectivity index (χ0) is 42.9. The second-order valence-corrected chi connectivity index (χ2v) is 16.8. The van der Waals surface area contributed by atoms with Crippen molar-refractivity contribution in [1.82, 2.24) is 14.0 Å². The molecule has 0 saturated heterocycles. The molecule has 0 aliphatic carbocycles. The minimum atomic E-state index is 0.571. The molecule has 9 aromatic carbocycles. The highest BCUT2D eigenvalue weighted by molar-refractivity contribution is 6.10. The summed E-state index contributed by atoms with van der Waals surface area (Å²) in [5, 5.41) is 2.35. The topological polar surface area (TPSA) is 40.2 Å². The molecule has 1 unspecified atom stereocenters. The Bertz CT molecular complexity index is 3580. The molecule has 5 heteroatoms. The van der Waals surface area contributed by atoms with Crippen molar-refractivity contribution in [2.24, 2.45) is 0 Å². The molecule has 5 nitrogen and oxygen atoms in total. The van der Waals surface area contributed by atoms with E-state index in [0.717, 1.165) is 55.6 Å². The third-order valence-electron chi connectivity index (χ3n) is 13.1. The summed E-state index contributed by atoms with van der Waals surface area (Å²) < 4.78 is 15.3. The van der Waals surface area contributed by atoms with Crippen LogP contribution in [0.1, 0.15) is 11.1 Å². The van der Waals surface area contributed by atoms with Gasteiger partial charge in [0.05, 0.1) is 23.6 Å². The zero-order valence-electron chi connectivity index (χ0n) is 35.5. The van der Waals surface area contributed by atoms with Gasteiger partial charge in [0, 0.05) is 57.4 Å². The van der Waals surface area contributed by atoms with Gasteiger partial charge in [0.2, 0.25) is 5.89 Å². The van der Waals surface area contributed by atoms with E-state index < -0.39 is 0 Å². The highest BCUT2D eigenvalue weighted by atomic mass is 16.5. The summed E-state index contributed by atoms with van der Waals surface area (Å²) in [6, 6.07) is 73.2. The van der Waals surface area contributed by atoms with E-state index in [9.17, 15) is 0 Å². The largest absolute Gasteiger partial charge is 0.457 e. The first-order valence-electron chi connectivity index (χ1n) is 21.7. The van der Waals surface area contributed by atoms with Gasteiger partial charge in [0.1, 0.15) is 22.7 Å². The van der Waals surface area contributed by atoms with Crippen LogP contribution >= 0.6 is 0 Å². The van der Waals surface area contributed by atoms with Crippen LogP contribution in [0.5, 0.6) is 5.75 Å². The highest BCUT2D eigenvalue weighted by Gasteiger charge is 2.42. The van der Waals surface area contributed by atoms with Gasteiger partial charge in [-0.15, -0.1) is 0 Å².